The Morgan fingerprint density at radius 2 is 2.29 bits per heavy atom. The van der Waals surface area contributed by atoms with E-state index in [9.17, 15) is 9.18 Å². The molecule has 0 saturated heterocycles. The summed E-state index contributed by atoms with van der Waals surface area (Å²) in [5.74, 6) is -0.552. The van der Waals surface area contributed by atoms with E-state index in [1.54, 1.807) is 0 Å². The van der Waals surface area contributed by atoms with Crippen LogP contribution in [0.2, 0.25) is 5.02 Å². The number of hydrogen-bond donors (Lipinski definition) is 1. The summed E-state index contributed by atoms with van der Waals surface area (Å²) in [5, 5.41) is 2.42. The molecule has 0 heterocycles. The highest BCUT2D eigenvalue weighted by molar-refractivity contribution is 9.10. The fourth-order valence-electron chi connectivity index (χ4n) is 1.07. The van der Waals surface area contributed by atoms with Gasteiger partial charge in [-0.2, -0.15) is 0 Å². The van der Waals surface area contributed by atoms with Crippen molar-refractivity contribution >= 4 is 39.3 Å². The third-order valence-corrected chi connectivity index (χ3v) is 2.92. The van der Waals surface area contributed by atoms with E-state index in [2.05, 4.69) is 21.2 Å². The van der Waals surface area contributed by atoms with Crippen molar-refractivity contribution in [3.8, 4) is 0 Å². The molecule has 0 aliphatic heterocycles. The smallest absolute Gasteiger partial charge is 0.411 e. The van der Waals surface area contributed by atoms with Crippen LogP contribution < -0.4 is 5.32 Å². The average molecular weight is 325 g/mol. The number of unbranched alkanes of at least 4 members (excludes halogenated alkanes) is 1. The van der Waals surface area contributed by atoms with Crippen LogP contribution in [0.4, 0.5) is 14.9 Å². The zero-order chi connectivity index (χ0) is 12.8. The first kappa shape index (κ1) is 14.3. The number of rotatable bonds is 4. The van der Waals surface area contributed by atoms with Crippen LogP contribution in [0.5, 0.6) is 0 Å². The average Bonchev–Trinajstić information content (AvgIpc) is 2.26. The molecule has 1 aromatic rings. The highest BCUT2D eigenvalue weighted by atomic mass is 79.9. The van der Waals surface area contributed by atoms with Gasteiger partial charge in [-0.1, -0.05) is 24.9 Å². The SMILES string of the molecule is CCCCOC(=O)Nc1cc(Cl)c(F)cc1Br. The Balaban J connectivity index is 2.62. The highest BCUT2D eigenvalue weighted by Crippen LogP contribution is 2.28. The van der Waals surface area contributed by atoms with Gasteiger partial charge in [-0.3, -0.25) is 5.32 Å². The van der Waals surface area contributed by atoms with Gasteiger partial charge in [0.2, 0.25) is 0 Å². The standard InChI is InChI=1S/C11H12BrClFNO2/c1-2-3-4-17-11(16)15-10-6-8(13)9(14)5-7(10)12/h5-6H,2-4H2,1H3,(H,15,16). The summed E-state index contributed by atoms with van der Waals surface area (Å²) in [4.78, 5) is 11.3. The number of nitrogens with one attached hydrogen (secondary N) is 1. The molecule has 0 fully saturated rings. The summed E-state index contributed by atoms with van der Waals surface area (Å²) in [7, 11) is 0. The molecule has 0 aliphatic rings. The summed E-state index contributed by atoms with van der Waals surface area (Å²) in [6, 6.07) is 2.51. The Morgan fingerprint density at radius 1 is 1.59 bits per heavy atom. The molecule has 0 bridgehead atoms. The molecular formula is C11H12BrClFNO2. The number of ether oxygens (including phenoxy) is 1. The minimum atomic E-state index is -0.582. The Bertz CT molecular complexity index is 415. The number of hydrogen-bond acceptors (Lipinski definition) is 2. The summed E-state index contributed by atoms with van der Waals surface area (Å²) >= 11 is 8.73. The highest BCUT2D eigenvalue weighted by Gasteiger charge is 2.10. The lowest BCUT2D eigenvalue weighted by molar-refractivity contribution is 0.160. The summed E-state index contributed by atoms with van der Waals surface area (Å²) < 4.78 is 18.4. The van der Waals surface area contributed by atoms with Crippen molar-refractivity contribution in [3.05, 3.63) is 27.4 Å². The van der Waals surface area contributed by atoms with Gasteiger partial charge in [0, 0.05) is 4.47 Å². The lowest BCUT2D eigenvalue weighted by Crippen LogP contribution is -2.14. The van der Waals surface area contributed by atoms with E-state index in [4.69, 9.17) is 16.3 Å². The van der Waals surface area contributed by atoms with Gasteiger partial charge in [-0.05, 0) is 34.5 Å². The Hall–Kier alpha value is -0.810. The lowest BCUT2D eigenvalue weighted by atomic mass is 10.3. The van der Waals surface area contributed by atoms with Gasteiger partial charge in [0.05, 0.1) is 17.3 Å². The van der Waals surface area contributed by atoms with Crippen molar-refractivity contribution in [2.75, 3.05) is 11.9 Å². The third-order valence-electron chi connectivity index (χ3n) is 1.98. The van der Waals surface area contributed by atoms with Crippen LogP contribution in [-0.2, 0) is 4.74 Å². The molecule has 0 spiro atoms. The van der Waals surface area contributed by atoms with Crippen molar-refractivity contribution in [3.63, 3.8) is 0 Å². The molecule has 0 unspecified atom stereocenters. The lowest BCUT2D eigenvalue weighted by Gasteiger charge is -2.09. The Morgan fingerprint density at radius 3 is 2.94 bits per heavy atom. The topological polar surface area (TPSA) is 38.3 Å². The number of halogens is 3. The van der Waals surface area contributed by atoms with E-state index in [1.165, 1.54) is 12.1 Å². The van der Waals surface area contributed by atoms with Gasteiger partial charge < -0.3 is 4.74 Å². The van der Waals surface area contributed by atoms with Gasteiger partial charge in [-0.25, -0.2) is 9.18 Å². The molecule has 1 aromatic carbocycles. The zero-order valence-corrected chi connectivity index (χ0v) is 11.6. The summed E-state index contributed by atoms with van der Waals surface area (Å²) in [6.45, 7) is 2.35. The second-order valence-electron chi connectivity index (χ2n) is 3.36. The van der Waals surface area contributed by atoms with Crippen LogP contribution in [-0.4, -0.2) is 12.7 Å². The first-order valence-corrected chi connectivity index (χ1v) is 6.30. The van der Waals surface area contributed by atoms with Crippen LogP contribution in [0, 0.1) is 5.82 Å². The monoisotopic (exact) mass is 323 g/mol. The maximum absolute atomic E-state index is 13.0. The number of carbonyl (C=O) groups is 1. The summed E-state index contributed by atoms with van der Waals surface area (Å²) in [6.07, 6.45) is 1.17. The van der Waals surface area contributed by atoms with E-state index in [0.717, 1.165) is 12.8 Å². The van der Waals surface area contributed by atoms with Crippen LogP contribution in [0.15, 0.2) is 16.6 Å². The maximum atomic E-state index is 13.0. The maximum Gasteiger partial charge on any atom is 0.411 e. The van der Waals surface area contributed by atoms with E-state index in [-0.39, 0.29) is 5.02 Å². The van der Waals surface area contributed by atoms with Gasteiger partial charge in [0.15, 0.2) is 0 Å². The van der Waals surface area contributed by atoms with Crippen molar-refractivity contribution < 1.29 is 13.9 Å². The molecule has 94 valence electrons. The molecule has 3 nitrogen and oxygen atoms in total. The minimum Gasteiger partial charge on any atom is -0.449 e. The molecule has 0 atom stereocenters. The fraction of sp³-hybridized carbons (Fsp3) is 0.364. The van der Waals surface area contributed by atoms with Gasteiger partial charge in [0.25, 0.3) is 0 Å². The molecule has 0 saturated carbocycles. The van der Waals surface area contributed by atoms with Gasteiger partial charge >= 0.3 is 6.09 Å². The molecule has 0 aliphatic carbocycles. The van der Waals surface area contributed by atoms with Crippen molar-refractivity contribution in [2.45, 2.75) is 19.8 Å². The summed E-state index contributed by atoms with van der Waals surface area (Å²) in [5.41, 5.74) is 0.373. The molecule has 0 aromatic heterocycles. The van der Waals surface area contributed by atoms with E-state index >= 15 is 0 Å². The number of carbonyl (C=O) groups excluding carboxylic acids is 1. The molecule has 1 N–H and O–H groups in total. The first-order valence-electron chi connectivity index (χ1n) is 5.13. The van der Waals surface area contributed by atoms with Crippen LogP contribution in [0.1, 0.15) is 19.8 Å². The predicted molar refractivity (Wildman–Crippen MR) is 69.0 cm³/mol. The van der Waals surface area contributed by atoms with Crippen LogP contribution in [0.3, 0.4) is 0 Å². The Labute approximate surface area is 112 Å². The quantitative estimate of drug-likeness (QED) is 0.650. The number of benzene rings is 1. The van der Waals surface area contributed by atoms with Crippen LogP contribution >= 0.6 is 27.5 Å². The molecule has 1 amide bonds. The fourth-order valence-corrected chi connectivity index (χ4v) is 1.65. The van der Waals surface area contributed by atoms with Crippen molar-refractivity contribution in [1.29, 1.82) is 0 Å². The molecule has 6 heteroatoms. The molecular weight excluding hydrogens is 312 g/mol. The predicted octanol–water partition coefficient (Wildman–Crippen LogP) is 4.59. The molecule has 0 radical (unpaired) electrons. The normalized spacial score (nSPS) is 10.1. The minimum absolute atomic E-state index is 0.0583. The number of anilines is 1. The second kappa shape index (κ2) is 6.81. The third kappa shape index (κ3) is 4.52. The largest absolute Gasteiger partial charge is 0.449 e. The molecule has 1 rings (SSSR count). The van der Waals surface area contributed by atoms with Crippen molar-refractivity contribution in [1.82, 2.24) is 0 Å². The Kier molecular flexibility index (Phi) is 5.71. The number of amides is 1. The second-order valence-corrected chi connectivity index (χ2v) is 4.62. The van der Waals surface area contributed by atoms with Crippen molar-refractivity contribution in [2.24, 2.45) is 0 Å². The van der Waals surface area contributed by atoms with E-state index < -0.39 is 11.9 Å². The van der Waals surface area contributed by atoms with Crippen LogP contribution in [0.25, 0.3) is 0 Å². The zero-order valence-electron chi connectivity index (χ0n) is 9.23. The van der Waals surface area contributed by atoms with Gasteiger partial charge in [0.1, 0.15) is 5.82 Å². The molecule has 17 heavy (non-hydrogen) atoms. The van der Waals surface area contributed by atoms with Gasteiger partial charge in [-0.15, -0.1) is 0 Å². The van der Waals surface area contributed by atoms with E-state index in [0.29, 0.717) is 16.8 Å². The first-order chi connectivity index (χ1) is 8.04. The van der Waals surface area contributed by atoms with E-state index in [1.807, 2.05) is 6.92 Å².